The fourth-order valence-corrected chi connectivity index (χ4v) is 5.53. The summed E-state index contributed by atoms with van der Waals surface area (Å²) in [7, 11) is 0. The van der Waals surface area contributed by atoms with Crippen molar-refractivity contribution in [3.8, 4) is 0 Å². The summed E-state index contributed by atoms with van der Waals surface area (Å²) in [6.07, 6.45) is 6.20. The lowest BCUT2D eigenvalue weighted by Crippen LogP contribution is -2.68. The number of hydrogen-bond donors (Lipinski definition) is 1. The second kappa shape index (κ2) is 9.96. The Morgan fingerprint density at radius 3 is 2.55 bits per heavy atom. The van der Waals surface area contributed by atoms with Crippen LogP contribution in [0.3, 0.4) is 0 Å². The monoisotopic (exact) mass is 463 g/mol. The van der Waals surface area contributed by atoms with Crippen molar-refractivity contribution in [2.75, 3.05) is 13.1 Å². The smallest absolute Gasteiger partial charge is 0.270 e. The maximum atomic E-state index is 13.7. The van der Waals surface area contributed by atoms with Gasteiger partial charge in [-0.15, -0.1) is 11.3 Å². The van der Waals surface area contributed by atoms with Crippen molar-refractivity contribution in [2.45, 2.75) is 57.0 Å². The van der Waals surface area contributed by atoms with Crippen molar-refractivity contribution in [3.63, 3.8) is 0 Å². The normalized spacial score (nSPS) is 21.8. The Morgan fingerprint density at radius 1 is 1.15 bits per heavy atom. The van der Waals surface area contributed by atoms with Crippen molar-refractivity contribution < 1.29 is 9.59 Å². The molecular weight excluding hydrogens is 430 g/mol. The summed E-state index contributed by atoms with van der Waals surface area (Å²) >= 11 is 1.67. The van der Waals surface area contributed by atoms with Crippen LogP contribution in [0.1, 0.15) is 49.5 Å². The van der Waals surface area contributed by atoms with Gasteiger partial charge in [0.05, 0.1) is 12.2 Å². The fraction of sp³-hybridized carbons (Fsp3) is 0.407. The molecule has 1 aliphatic carbocycles. The van der Waals surface area contributed by atoms with Crippen LogP contribution in [-0.4, -0.2) is 46.3 Å². The molecule has 2 fully saturated rings. The summed E-state index contributed by atoms with van der Waals surface area (Å²) in [5.74, 6) is -0.302. The molecule has 1 aromatic carbocycles. The van der Waals surface area contributed by atoms with Gasteiger partial charge >= 0.3 is 0 Å². The zero-order chi connectivity index (χ0) is 23.4. The van der Waals surface area contributed by atoms with Gasteiger partial charge in [-0.3, -0.25) is 9.59 Å². The minimum absolute atomic E-state index is 0.0905. The number of piperazine rings is 1. The molecule has 1 saturated carbocycles. The van der Waals surface area contributed by atoms with Crippen molar-refractivity contribution in [1.82, 2.24) is 15.1 Å². The van der Waals surface area contributed by atoms with Gasteiger partial charge in [0.1, 0.15) is 5.54 Å². The van der Waals surface area contributed by atoms with E-state index in [0.29, 0.717) is 30.9 Å². The number of nitrogens with one attached hydrogen (secondary N) is 1. The van der Waals surface area contributed by atoms with Crippen molar-refractivity contribution in [2.24, 2.45) is 0 Å². The number of rotatable bonds is 7. The largest absolute Gasteiger partial charge is 0.351 e. The molecule has 5 nitrogen and oxygen atoms in total. The molecule has 1 aliphatic heterocycles. The Hall–Kier alpha value is -2.86. The third-order valence-electron chi connectivity index (χ3n) is 6.90. The first kappa shape index (κ1) is 23.3. The summed E-state index contributed by atoms with van der Waals surface area (Å²) in [5, 5.41) is 5.31. The molecule has 6 heteroatoms. The van der Waals surface area contributed by atoms with E-state index in [0.717, 1.165) is 31.2 Å². The minimum atomic E-state index is -1.02. The number of carbonyl (C=O) groups is 2. The van der Waals surface area contributed by atoms with E-state index >= 15 is 0 Å². The van der Waals surface area contributed by atoms with Gasteiger partial charge in [-0.05, 0) is 43.2 Å². The predicted molar refractivity (Wildman–Crippen MR) is 134 cm³/mol. The Balaban J connectivity index is 1.61. The average Bonchev–Trinajstić information content (AvgIpc) is 3.36. The third-order valence-corrected chi connectivity index (χ3v) is 7.84. The van der Waals surface area contributed by atoms with Crippen LogP contribution in [0.25, 0.3) is 5.70 Å². The molecule has 1 unspecified atom stereocenters. The van der Waals surface area contributed by atoms with Gasteiger partial charge < -0.3 is 15.1 Å². The van der Waals surface area contributed by atoms with E-state index in [9.17, 15) is 9.59 Å². The summed E-state index contributed by atoms with van der Waals surface area (Å²) in [6.45, 7) is 11.0. The Labute approximate surface area is 200 Å². The number of benzene rings is 1. The lowest BCUT2D eigenvalue weighted by molar-refractivity contribution is -0.150. The zero-order valence-electron chi connectivity index (χ0n) is 19.4. The molecule has 2 aromatic rings. The average molecular weight is 464 g/mol. The lowest BCUT2D eigenvalue weighted by atomic mass is 9.90. The Kier molecular flexibility index (Phi) is 7.03. The van der Waals surface area contributed by atoms with Crippen LogP contribution in [0, 0.1) is 0 Å². The topological polar surface area (TPSA) is 52.7 Å². The van der Waals surface area contributed by atoms with Crippen molar-refractivity contribution >= 4 is 28.8 Å². The van der Waals surface area contributed by atoms with Crippen LogP contribution in [-0.2, 0) is 16.0 Å². The van der Waals surface area contributed by atoms with Crippen LogP contribution in [0.4, 0.5) is 0 Å². The fourth-order valence-electron chi connectivity index (χ4n) is 4.84. The van der Waals surface area contributed by atoms with E-state index in [2.05, 4.69) is 24.5 Å². The highest BCUT2D eigenvalue weighted by Gasteiger charge is 2.49. The lowest BCUT2D eigenvalue weighted by Gasteiger charge is -2.49. The second-order valence-corrected chi connectivity index (χ2v) is 10.2. The number of carbonyl (C=O) groups excluding carboxylic acids is 2. The van der Waals surface area contributed by atoms with Gasteiger partial charge in [0, 0.05) is 23.2 Å². The highest BCUT2D eigenvalue weighted by Crippen LogP contribution is 2.34. The number of nitrogens with zero attached hydrogens (tertiary/aromatic N) is 2. The van der Waals surface area contributed by atoms with Crippen molar-refractivity contribution in [1.29, 1.82) is 0 Å². The summed E-state index contributed by atoms with van der Waals surface area (Å²) < 4.78 is 0. The molecular formula is C27H33N3O2S. The molecule has 2 aliphatic rings. The first-order valence-electron chi connectivity index (χ1n) is 11.8. The van der Waals surface area contributed by atoms with E-state index in [1.165, 1.54) is 11.3 Å². The molecule has 1 atom stereocenters. The molecule has 33 heavy (non-hydrogen) atoms. The molecule has 4 rings (SSSR count). The van der Waals surface area contributed by atoms with Crippen LogP contribution >= 0.6 is 11.3 Å². The molecule has 1 aromatic heterocycles. The van der Waals surface area contributed by atoms with Crippen molar-refractivity contribution in [3.05, 3.63) is 77.1 Å². The maximum Gasteiger partial charge on any atom is 0.270 e. The Morgan fingerprint density at radius 2 is 1.88 bits per heavy atom. The Bertz CT molecular complexity index is 1010. The first-order valence-corrected chi connectivity index (χ1v) is 12.6. The first-order chi connectivity index (χ1) is 15.9. The molecule has 0 bridgehead atoms. The molecule has 174 valence electrons. The third kappa shape index (κ3) is 4.91. The quantitative estimate of drug-likeness (QED) is 0.599. The van der Waals surface area contributed by atoms with Crippen LogP contribution < -0.4 is 5.32 Å². The SMILES string of the molecule is C=C1C(=O)N(CCc2cccs2)C(C)(C(=O)NC2CCCCC2)CN1C(=C)c1ccccc1. The molecule has 1 saturated heterocycles. The van der Waals surface area contributed by atoms with Gasteiger partial charge in [-0.2, -0.15) is 0 Å². The maximum absolute atomic E-state index is 13.7. The minimum Gasteiger partial charge on any atom is -0.351 e. The number of thiophene rings is 1. The van der Waals surface area contributed by atoms with E-state index in [1.807, 2.05) is 53.6 Å². The highest BCUT2D eigenvalue weighted by molar-refractivity contribution is 7.09. The number of amides is 2. The molecule has 0 radical (unpaired) electrons. The second-order valence-electron chi connectivity index (χ2n) is 9.21. The van der Waals surface area contributed by atoms with E-state index in [4.69, 9.17) is 0 Å². The number of hydrogen-bond acceptors (Lipinski definition) is 4. The van der Waals surface area contributed by atoms with Gasteiger partial charge in [0.25, 0.3) is 5.91 Å². The van der Waals surface area contributed by atoms with Gasteiger partial charge in [-0.25, -0.2) is 0 Å². The molecule has 1 N–H and O–H groups in total. The molecule has 2 amide bonds. The summed E-state index contributed by atoms with van der Waals surface area (Å²) in [4.78, 5) is 32.1. The van der Waals surface area contributed by atoms with E-state index < -0.39 is 5.54 Å². The van der Waals surface area contributed by atoms with E-state index in [1.54, 1.807) is 16.2 Å². The van der Waals surface area contributed by atoms with Crippen LogP contribution in [0.5, 0.6) is 0 Å². The molecule has 2 heterocycles. The standard InChI is InChI=1S/C27H33N3O2S/c1-20(22-11-6-4-7-12-22)29-19-27(3,26(32)28-23-13-8-5-9-14-23)30(25(31)21(29)2)17-16-24-15-10-18-33-24/h4,6-7,10-12,15,18,23H,1-2,5,8-9,13-14,16-17,19H2,3H3,(H,28,32). The highest BCUT2D eigenvalue weighted by atomic mass is 32.1. The zero-order valence-corrected chi connectivity index (χ0v) is 20.2. The van der Waals surface area contributed by atoms with Gasteiger partial charge in [-0.1, -0.05) is 68.8 Å². The van der Waals surface area contributed by atoms with Gasteiger partial charge in [0.15, 0.2) is 0 Å². The van der Waals surface area contributed by atoms with Crippen LogP contribution in [0.2, 0.25) is 0 Å². The van der Waals surface area contributed by atoms with Crippen LogP contribution in [0.15, 0.2) is 66.7 Å². The van der Waals surface area contributed by atoms with Gasteiger partial charge in [0.2, 0.25) is 5.91 Å². The van der Waals surface area contributed by atoms with E-state index in [-0.39, 0.29) is 17.9 Å². The molecule has 0 spiro atoms. The summed E-state index contributed by atoms with van der Waals surface area (Å²) in [5.41, 5.74) is 0.931. The predicted octanol–water partition coefficient (Wildman–Crippen LogP) is 4.83. The summed E-state index contributed by atoms with van der Waals surface area (Å²) in [6, 6.07) is 14.0.